The maximum Gasteiger partial charge on any atom is 0.00358 e. The third kappa shape index (κ3) is 4.12. The van der Waals surface area contributed by atoms with E-state index in [1.54, 1.807) is 0 Å². The highest BCUT2D eigenvalue weighted by Gasteiger charge is 2.18. The summed E-state index contributed by atoms with van der Waals surface area (Å²) in [5.41, 5.74) is 0. The molecule has 13 heavy (non-hydrogen) atoms. The van der Waals surface area contributed by atoms with Crippen LogP contribution in [0.15, 0.2) is 0 Å². The minimum absolute atomic E-state index is 0.708. The van der Waals surface area contributed by atoms with Crippen molar-refractivity contribution in [2.24, 2.45) is 11.8 Å². The zero-order valence-electron chi connectivity index (χ0n) is 9.47. The number of hydrogen-bond acceptors (Lipinski definition) is 1. The molecule has 1 fully saturated rings. The SMILES string of the molecule is CNC(C)CCC1CCC(C)CC1. The molecule has 78 valence electrons. The van der Waals surface area contributed by atoms with Crippen molar-refractivity contribution in [2.75, 3.05) is 7.05 Å². The maximum absolute atomic E-state index is 3.31. The second-order valence-electron chi connectivity index (χ2n) is 4.89. The van der Waals surface area contributed by atoms with Crippen LogP contribution in [0.1, 0.15) is 52.4 Å². The van der Waals surface area contributed by atoms with Gasteiger partial charge in [-0.05, 0) is 38.6 Å². The molecule has 1 aliphatic rings. The topological polar surface area (TPSA) is 12.0 Å². The van der Waals surface area contributed by atoms with Crippen molar-refractivity contribution in [1.29, 1.82) is 0 Å². The van der Waals surface area contributed by atoms with Crippen LogP contribution in [0, 0.1) is 11.8 Å². The normalized spacial score (nSPS) is 31.6. The molecule has 0 aliphatic heterocycles. The predicted octanol–water partition coefficient (Wildman–Crippen LogP) is 3.20. The Morgan fingerprint density at radius 3 is 2.38 bits per heavy atom. The fraction of sp³-hybridized carbons (Fsp3) is 1.00. The zero-order chi connectivity index (χ0) is 9.68. The van der Waals surface area contributed by atoms with E-state index < -0.39 is 0 Å². The Labute approximate surface area is 83.3 Å². The molecular weight excluding hydrogens is 158 g/mol. The molecule has 0 spiro atoms. The van der Waals surface area contributed by atoms with Gasteiger partial charge in [-0.3, -0.25) is 0 Å². The van der Waals surface area contributed by atoms with Crippen LogP contribution in [-0.4, -0.2) is 13.1 Å². The summed E-state index contributed by atoms with van der Waals surface area (Å²) >= 11 is 0. The van der Waals surface area contributed by atoms with E-state index in [0.717, 1.165) is 11.8 Å². The molecule has 1 unspecified atom stereocenters. The number of hydrogen-bond donors (Lipinski definition) is 1. The van der Waals surface area contributed by atoms with Gasteiger partial charge in [0.25, 0.3) is 0 Å². The Kier molecular flexibility index (Phi) is 4.79. The van der Waals surface area contributed by atoms with Crippen LogP contribution in [0.25, 0.3) is 0 Å². The molecule has 1 rings (SSSR count). The summed E-state index contributed by atoms with van der Waals surface area (Å²) in [7, 11) is 2.06. The van der Waals surface area contributed by atoms with Crippen molar-refractivity contribution >= 4 is 0 Å². The lowest BCUT2D eigenvalue weighted by atomic mass is 9.80. The summed E-state index contributed by atoms with van der Waals surface area (Å²) < 4.78 is 0. The first kappa shape index (κ1) is 11.0. The van der Waals surface area contributed by atoms with E-state index in [1.165, 1.54) is 38.5 Å². The van der Waals surface area contributed by atoms with Gasteiger partial charge in [0.15, 0.2) is 0 Å². The van der Waals surface area contributed by atoms with E-state index in [0.29, 0.717) is 6.04 Å². The van der Waals surface area contributed by atoms with Gasteiger partial charge in [0, 0.05) is 6.04 Å². The molecule has 1 atom stereocenters. The molecule has 0 aromatic rings. The van der Waals surface area contributed by atoms with Crippen molar-refractivity contribution in [1.82, 2.24) is 5.32 Å². The number of rotatable bonds is 4. The van der Waals surface area contributed by atoms with Gasteiger partial charge in [0.05, 0.1) is 0 Å². The van der Waals surface area contributed by atoms with Crippen molar-refractivity contribution in [3.8, 4) is 0 Å². The Morgan fingerprint density at radius 2 is 1.85 bits per heavy atom. The zero-order valence-corrected chi connectivity index (χ0v) is 9.47. The molecule has 0 aromatic carbocycles. The van der Waals surface area contributed by atoms with Gasteiger partial charge in [-0.1, -0.05) is 32.6 Å². The van der Waals surface area contributed by atoms with Crippen LogP contribution in [0.5, 0.6) is 0 Å². The summed E-state index contributed by atoms with van der Waals surface area (Å²) in [6, 6.07) is 0.708. The second-order valence-corrected chi connectivity index (χ2v) is 4.89. The van der Waals surface area contributed by atoms with Gasteiger partial charge in [-0.2, -0.15) is 0 Å². The van der Waals surface area contributed by atoms with E-state index in [1.807, 2.05) is 0 Å². The lowest BCUT2D eigenvalue weighted by Crippen LogP contribution is -2.22. The van der Waals surface area contributed by atoms with Gasteiger partial charge in [0.1, 0.15) is 0 Å². The Hall–Kier alpha value is -0.0400. The largest absolute Gasteiger partial charge is 0.317 e. The van der Waals surface area contributed by atoms with E-state index in [-0.39, 0.29) is 0 Å². The summed E-state index contributed by atoms with van der Waals surface area (Å²) in [5, 5.41) is 3.31. The van der Waals surface area contributed by atoms with Crippen LogP contribution >= 0.6 is 0 Å². The summed E-state index contributed by atoms with van der Waals surface area (Å²) in [4.78, 5) is 0. The minimum Gasteiger partial charge on any atom is -0.317 e. The lowest BCUT2D eigenvalue weighted by molar-refractivity contribution is 0.267. The first-order valence-corrected chi connectivity index (χ1v) is 5.89. The molecule has 1 saturated carbocycles. The fourth-order valence-electron chi connectivity index (χ4n) is 2.25. The van der Waals surface area contributed by atoms with Gasteiger partial charge >= 0.3 is 0 Å². The van der Waals surface area contributed by atoms with Gasteiger partial charge < -0.3 is 5.32 Å². The van der Waals surface area contributed by atoms with Crippen LogP contribution in [0.2, 0.25) is 0 Å². The first-order chi connectivity index (χ1) is 6.22. The molecular formula is C12H25N. The van der Waals surface area contributed by atoms with Crippen molar-refractivity contribution in [3.05, 3.63) is 0 Å². The summed E-state index contributed by atoms with van der Waals surface area (Å²) in [6.07, 6.45) is 8.71. The molecule has 0 amide bonds. The Bertz CT molecular complexity index is 125. The highest BCUT2D eigenvalue weighted by molar-refractivity contribution is 4.71. The van der Waals surface area contributed by atoms with Crippen LogP contribution in [0.3, 0.4) is 0 Å². The van der Waals surface area contributed by atoms with Crippen LogP contribution in [0.4, 0.5) is 0 Å². The van der Waals surface area contributed by atoms with Crippen LogP contribution < -0.4 is 5.32 Å². The Balaban J connectivity index is 2.08. The van der Waals surface area contributed by atoms with Crippen molar-refractivity contribution < 1.29 is 0 Å². The Morgan fingerprint density at radius 1 is 1.23 bits per heavy atom. The average molecular weight is 183 g/mol. The molecule has 1 nitrogen and oxygen atoms in total. The minimum atomic E-state index is 0.708. The predicted molar refractivity (Wildman–Crippen MR) is 58.9 cm³/mol. The second kappa shape index (κ2) is 5.64. The van der Waals surface area contributed by atoms with Gasteiger partial charge in [-0.15, -0.1) is 0 Å². The third-order valence-corrected chi connectivity index (χ3v) is 3.64. The monoisotopic (exact) mass is 183 g/mol. The van der Waals surface area contributed by atoms with Gasteiger partial charge in [-0.25, -0.2) is 0 Å². The molecule has 0 aromatic heterocycles. The molecule has 1 aliphatic carbocycles. The quantitative estimate of drug-likeness (QED) is 0.706. The summed E-state index contributed by atoms with van der Waals surface area (Å²) in [5.74, 6) is 2.03. The van der Waals surface area contributed by atoms with E-state index in [9.17, 15) is 0 Å². The fourth-order valence-corrected chi connectivity index (χ4v) is 2.25. The van der Waals surface area contributed by atoms with Gasteiger partial charge in [0.2, 0.25) is 0 Å². The summed E-state index contributed by atoms with van der Waals surface area (Å²) in [6.45, 7) is 4.68. The standard InChI is InChI=1S/C12H25N/c1-10-4-7-12(8-5-10)9-6-11(2)13-3/h10-13H,4-9H2,1-3H3. The highest BCUT2D eigenvalue weighted by atomic mass is 14.8. The van der Waals surface area contributed by atoms with Crippen molar-refractivity contribution in [2.45, 2.75) is 58.4 Å². The van der Waals surface area contributed by atoms with E-state index in [4.69, 9.17) is 0 Å². The molecule has 1 N–H and O–H groups in total. The molecule has 0 heterocycles. The molecule has 0 radical (unpaired) electrons. The first-order valence-electron chi connectivity index (χ1n) is 5.89. The van der Waals surface area contributed by atoms with Crippen molar-refractivity contribution in [3.63, 3.8) is 0 Å². The van der Waals surface area contributed by atoms with Crippen LogP contribution in [-0.2, 0) is 0 Å². The maximum atomic E-state index is 3.31. The molecule has 1 heteroatoms. The average Bonchev–Trinajstić information content (AvgIpc) is 2.16. The smallest absolute Gasteiger partial charge is 0.00358 e. The molecule has 0 saturated heterocycles. The molecule has 0 bridgehead atoms. The van der Waals surface area contributed by atoms with E-state index >= 15 is 0 Å². The lowest BCUT2D eigenvalue weighted by Gasteiger charge is -2.26. The third-order valence-electron chi connectivity index (χ3n) is 3.64. The highest BCUT2D eigenvalue weighted by Crippen LogP contribution is 2.31. The van der Waals surface area contributed by atoms with E-state index in [2.05, 4.69) is 26.2 Å². The number of nitrogens with one attached hydrogen (secondary N) is 1.